The Morgan fingerprint density at radius 2 is 1.79 bits per heavy atom. The van der Waals surface area contributed by atoms with Gasteiger partial charge in [0.25, 0.3) is 0 Å². The van der Waals surface area contributed by atoms with E-state index in [0.717, 1.165) is 17.0 Å². The summed E-state index contributed by atoms with van der Waals surface area (Å²) in [7, 11) is 1.91. The van der Waals surface area contributed by atoms with Crippen LogP contribution in [0.2, 0.25) is 0 Å². The third-order valence-corrected chi connectivity index (χ3v) is 5.64. The average Bonchev–Trinajstić information content (AvgIpc) is 3.02. The third-order valence-electron chi connectivity index (χ3n) is 4.51. The second kappa shape index (κ2) is 9.01. The predicted octanol–water partition coefficient (Wildman–Crippen LogP) is 3.90. The third kappa shape index (κ3) is 4.98. The first-order chi connectivity index (χ1) is 13.4. The largest absolute Gasteiger partial charge is 0.349 e. The van der Waals surface area contributed by atoms with Crippen LogP contribution in [0.5, 0.6) is 0 Å². The molecular formula is C21H23FN4OS. The maximum absolute atomic E-state index is 13.1. The summed E-state index contributed by atoms with van der Waals surface area (Å²) in [6.45, 7) is 3.71. The molecule has 0 bridgehead atoms. The van der Waals surface area contributed by atoms with Crippen LogP contribution in [-0.4, -0.2) is 25.9 Å². The van der Waals surface area contributed by atoms with Crippen molar-refractivity contribution < 1.29 is 9.18 Å². The Morgan fingerprint density at radius 1 is 1.11 bits per heavy atom. The molecule has 1 aromatic heterocycles. The minimum absolute atomic E-state index is 0.102. The number of aromatic nitrogens is 3. The minimum Gasteiger partial charge on any atom is -0.349 e. The molecule has 1 heterocycles. The van der Waals surface area contributed by atoms with E-state index in [9.17, 15) is 9.18 Å². The lowest BCUT2D eigenvalue weighted by Crippen LogP contribution is -2.33. The molecule has 0 aliphatic rings. The average molecular weight is 399 g/mol. The maximum atomic E-state index is 13.1. The van der Waals surface area contributed by atoms with E-state index in [2.05, 4.69) is 27.6 Å². The molecule has 0 aliphatic heterocycles. The molecule has 1 N–H and O–H groups in total. The van der Waals surface area contributed by atoms with E-state index in [0.29, 0.717) is 11.6 Å². The molecule has 3 aromatic rings. The molecule has 5 nitrogen and oxygen atoms in total. The highest BCUT2D eigenvalue weighted by molar-refractivity contribution is 8.00. The van der Waals surface area contributed by atoms with Gasteiger partial charge in [0.2, 0.25) is 5.91 Å². The Labute approximate surface area is 168 Å². The van der Waals surface area contributed by atoms with Crippen LogP contribution in [0.25, 0.3) is 0 Å². The molecular weight excluding hydrogens is 375 g/mol. The molecule has 0 aliphatic carbocycles. The summed E-state index contributed by atoms with van der Waals surface area (Å²) < 4.78 is 15.0. The molecule has 0 unspecified atom stereocenters. The van der Waals surface area contributed by atoms with Crippen LogP contribution >= 0.6 is 11.8 Å². The summed E-state index contributed by atoms with van der Waals surface area (Å²) in [6.07, 6.45) is 0.688. The van der Waals surface area contributed by atoms with Crippen molar-refractivity contribution in [3.8, 4) is 0 Å². The normalized spacial score (nSPS) is 13.1. The molecule has 146 valence electrons. The van der Waals surface area contributed by atoms with Crippen molar-refractivity contribution in [1.82, 2.24) is 20.1 Å². The number of carbonyl (C=O) groups is 1. The Morgan fingerprint density at radius 3 is 2.46 bits per heavy atom. The lowest BCUT2D eigenvalue weighted by Gasteiger charge is -2.17. The van der Waals surface area contributed by atoms with Crippen LogP contribution in [0.4, 0.5) is 4.39 Å². The monoisotopic (exact) mass is 398 g/mol. The molecule has 7 heteroatoms. The smallest absolute Gasteiger partial charge is 0.233 e. The molecule has 3 rings (SSSR count). The minimum atomic E-state index is -0.338. The summed E-state index contributed by atoms with van der Waals surface area (Å²) in [4.78, 5) is 12.5. The number of rotatable bonds is 7. The first kappa shape index (κ1) is 20.1. The Hall–Kier alpha value is -2.67. The van der Waals surface area contributed by atoms with Crippen molar-refractivity contribution in [3.05, 3.63) is 77.4 Å². The van der Waals surface area contributed by atoms with E-state index in [-0.39, 0.29) is 23.0 Å². The van der Waals surface area contributed by atoms with Crippen LogP contribution in [0.15, 0.2) is 59.8 Å². The molecule has 0 saturated carbocycles. The predicted molar refractivity (Wildman–Crippen MR) is 109 cm³/mol. The fourth-order valence-electron chi connectivity index (χ4n) is 2.76. The van der Waals surface area contributed by atoms with E-state index in [4.69, 9.17) is 0 Å². The number of thioether (sulfide) groups is 1. The molecule has 2 atom stereocenters. The highest BCUT2D eigenvalue weighted by Gasteiger charge is 2.20. The number of nitrogens with one attached hydrogen (secondary N) is 1. The fraction of sp³-hybridized carbons (Fsp3) is 0.286. The summed E-state index contributed by atoms with van der Waals surface area (Å²) >= 11 is 1.37. The van der Waals surface area contributed by atoms with Crippen molar-refractivity contribution in [2.75, 3.05) is 0 Å². The second-order valence-corrected chi connectivity index (χ2v) is 7.97. The van der Waals surface area contributed by atoms with Gasteiger partial charge in [0.1, 0.15) is 11.6 Å². The summed E-state index contributed by atoms with van der Waals surface area (Å²) in [5.41, 5.74) is 2.02. The lowest BCUT2D eigenvalue weighted by atomic mass is 10.1. The van der Waals surface area contributed by atoms with Crippen molar-refractivity contribution in [1.29, 1.82) is 0 Å². The van der Waals surface area contributed by atoms with Gasteiger partial charge in [-0.05, 0) is 37.1 Å². The summed E-state index contributed by atoms with van der Waals surface area (Å²) in [5, 5.41) is 11.8. The van der Waals surface area contributed by atoms with Crippen molar-refractivity contribution >= 4 is 17.7 Å². The Bertz CT molecular complexity index is 927. The number of nitrogens with zero attached hydrogens (tertiary/aromatic N) is 3. The molecule has 0 fully saturated rings. The van der Waals surface area contributed by atoms with Gasteiger partial charge < -0.3 is 9.88 Å². The van der Waals surface area contributed by atoms with E-state index >= 15 is 0 Å². The highest BCUT2D eigenvalue weighted by Crippen LogP contribution is 2.23. The van der Waals surface area contributed by atoms with Gasteiger partial charge >= 0.3 is 0 Å². The SMILES string of the molecule is C[C@H](Sc1nnc(Cc2ccccc2)n1C)C(=O)N[C@@H](C)c1ccc(F)cc1. The van der Waals surface area contributed by atoms with Crippen LogP contribution in [0, 0.1) is 5.82 Å². The zero-order valence-electron chi connectivity index (χ0n) is 16.1. The number of amides is 1. The van der Waals surface area contributed by atoms with Crippen LogP contribution < -0.4 is 5.32 Å². The van der Waals surface area contributed by atoms with Crippen LogP contribution in [0.1, 0.15) is 36.8 Å². The van der Waals surface area contributed by atoms with E-state index in [1.165, 1.54) is 23.9 Å². The number of carbonyl (C=O) groups excluding carboxylic acids is 1. The van der Waals surface area contributed by atoms with E-state index in [1.54, 1.807) is 12.1 Å². The first-order valence-corrected chi connectivity index (χ1v) is 9.96. The quantitative estimate of drug-likeness (QED) is 0.613. The van der Waals surface area contributed by atoms with Gasteiger partial charge in [0, 0.05) is 13.5 Å². The van der Waals surface area contributed by atoms with Gasteiger partial charge in [-0.15, -0.1) is 10.2 Å². The van der Waals surface area contributed by atoms with Crippen LogP contribution in [0.3, 0.4) is 0 Å². The number of halogens is 1. The van der Waals surface area contributed by atoms with Crippen molar-refractivity contribution in [2.45, 2.75) is 36.7 Å². The van der Waals surface area contributed by atoms with Gasteiger partial charge in [-0.1, -0.05) is 54.2 Å². The summed E-state index contributed by atoms with van der Waals surface area (Å²) in [6, 6.07) is 16.0. The van der Waals surface area contributed by atoms with E-state index in [1.807, 2.05) is 43.7 Å². The second-order valence-electron chi connectivity index (χ2n) is 6.66. The number of benzene rings is 2. The van der Waals surface area contributed by atoms with Gasteiger partial charge in [-0.3, -0.25) is 4.79 Å². The van der Waals surface area contributed by atoms with Gasteiger partial charge in [0.05, 0.1) is 11.3 Å². The molecule has 2 aromatic carbocycles. The molecule has 0 radical (unpaired) electrons. The number of hydrogen-bond donors (Lipinski definition) is 1. The zero-order chi connectivity index (χ0) is 20.1. The molecule has 28 heavy (non-hydrogen) atoms. The Kier molecular flexibility index (Phi) is 6.46. The van der Waals surface area contributed by atoms with Gasteiger partial charge in [-0.25, -0.2) is 4.39 Å². The number of hydrogen-bond acceptors (Lipinski definition) is 4. The van der Waals surface area contributed by atoms with Crippen molar-refractivity contribution in [2.24, 2.45) is 7.05 Å². The molecule has 0 saturated heterocycles. The maximum Gasteiger partial charge on any atom is 0.233 e. The Balaban J connectivity index is 1.60. The van der Waals surface area contributed by atoms with Gasteiger partial charge in [-0.2, -0.15) is 0 Å². The van der Waals surface area contributed by atoms with E-state index < -0.39 is 0 Å². The summed E-state index contributed by atoms with van der Waals surface area (Å²) in [5.74, 6) is 0.454. The van der Waals surface area contributed by atoms with Gasteiger partial charge in [0.15, 0.2) is 5.16 Å². The van der Waals surface area contributed by atoms with Crippen LogP contribution in [-0.2, 0) is 18.3 Å². The fourth-order valence-corrected chi connectivity index (χ4v) is 3.60. The topological polar surface area (TPSA) is 59.8 Å². The zero-order valence-corrected chi connectivity index (χ0v) is 16.9. The van der Waals surface area contributed by atoms with Crippen molar-refractivity contribution in [3.63, 3.8) is 0 Å². The molecule has 0 spiro atoms. The molecule has 1 amide bonds. The first-order valence-electron chi connectivity index (χ1n) is 9.08. The lowest BCUT2D eigenvalue weighted by molar-refractivity contribution is -0.120. The highest BCUT2D eigenvalue weighted by atomic mass is 32.2. The standard InChI is InChI=1S/C21H23FN4OS/c1-14(17-9-11-18(22)12-10-17)23-20(27)15(2)28-21-25-24-19(26(21)3)13-16-7-5-4-6-8-16/h4-12,14-15H,13H2,1-3H3,(H,23,27)/t14-,15-/m0/s1.